The van der Waals surface area contributed by atoms with Crippen molar-refractivity contribution in [2.24, 2.45) is 0 Å². The minimum absolute atomic E-state index is 0.0356. The van der Waals surface area contributed by atoms with E-state index in [1.54, 1.807) is 27.6 Å². The second kappa shape index (κ2) is 6.21. The lowest BCUT2D eigenvalue weighted by atomic mass is 10.2. The maximum atomic E-state index is 12.1. The van der Waals surface area contributed by atoms with Crippen molar-refractivity contribution in [2.75, 3.05) is 7.05 Å². The smallest absolute Gasteiger partial charge is 0.317 e. The van der Waals surface area contributed by atoms with Crippen molar-refractivity contribution in [3.8, 4) is 0 Å². The molecule has 19 heavy (non-hydrogen) atoms. The first-order valence-electron chi connectivity index (χ1n) is 6.14. The monoisotopic (exact) mass is 294 g/mol. The molecule has 0 aliphatic heterocycles. The van der Waals surface area contributed by atoms with Crippen molar-refractivity contribution >= 4 is 28.7 Å². The van der Waals surface area contributed by atoms with Crippen LogP contribution in [0.25, 0.3) is 0 Å². The molecule has 0 aromatic carbocycles. The third-order valence-corrected chi connectivity index (χ3v) is 4.79. The Kier molecular flexibility index (Phi) is 4.61. The highest BCUT2D eigenvalue weighted by molar-refractivity contribution is 7.10. The number of carbonyl (C=O) groups is 1. The van der Waals surface area contributed by atoms with Gasteiger partial charge in [0.25, 0.3) is 0 Å². The van der Waals surface area contributed by atoms with Crippen LogP contribution in [-0.2, 0) is 6.54 Å². The van der Waals surface area contributed by atoms with Gasteiger partial charge in [0.15, 0.2) is 0 Å². The lowest BCUT2D eigenvalue weighted by Gasteiger charge is -2.21. The van der Waals surface area contributed by atoms with Crippen LogP contribution >= 0.6 is 22.7 Å². The third kappa shape index (κ3) is 3.58. The molecule has 1 N–H and O–H groups in total. The standard InChI is InChI=1S/C14H18N2OS2/c1-10-4-7-19-13(10)8-16(3)14(17)15-11(2)12-5-6-18-9-12/h4-7,9,11H,8H2,1-3H3,(H,15,17)/t11-/m1/s1. The number of hydrogen-bond acceptors (Lipinski definition) is 3. The van der Waals surface area contributed by atoms with E-state index in [9.17, 15) is 4.79 Å². The van der Waals surface area contributed by atoms with Gasteiger partial charge in [-0.05, 0) is 53.2 Å². The van der Waals surface area contributed by atoms with Crippen LogP contribution < -0.4 is 5.32 Å². The number of rotatable bonds is 4. The van der Waals surface area contributed by atoms with E-state index in [0.29, 0.717) is 6.54 Å². The second-order valence-corrected chi connectivity index (χ2v) is 6.39. The van der Waals surface area contributed by atoms with Gasteiger partial charge in [-0.2, -0.15) is 11.3 Å². The van der Waals surface area contributed by atoms with Crippen LogP contribution in [0.4, 0.5) is 4.79 Å². The van der Waals surface area contributed by atoms with Gasteiger partial charge in [0, 0.05) is 11.9 Å². The first-order chi connectivity index (χ1) is 9.08. The molecule has 0 aliphatic carbocycles. The summed E-state index contributed by atoms with van der Waals surface area (Å²) in [7, 11) is 1.83. The Hall–Kier alpha value is -1.33. The van der Waals surface area contributed by atoms with E-state index in [0.717, 1.165) is 5.56 Å². The molecule has 0 bridgehead atoms. The molecule has 0 fully saturated rings. The molecule has 0 saturated heterocycles. The van der Waals surface area contributed by atoms with Crippen molar-refractivity contribution in [1.29, 1.82) is 0 Å². The van der Waals surface area contributed by atoms with Crippen LogP contribution in [0.15, 0.2) is 28.3 Å². The Labute approximate surface area is 121 Å². The summed E-state index contributed by atoms with van der Waals surface area (Å²) < 4.78 is 0. The van der Waals surface area contributed by atoms with Gasteiger partial charge in [-0.15, -0.1) is 11.3 Å². The fraction of sp³-hybridized carbons (Fsp3) is 0.357. The van der Waals surface area contributed by atoms with Gasteiger partial charge in [-0.1, -0.05) is 0 Å². The Morgan fingerprint density at radius 3 is 2.79 bits per heavy atom. The summed E-state index contributed by atoms with van der Waals surface area (Å²) in [6.07, 6.45) is 0. The maximum absolute atomic E-state index is 12.1. The molecular formula is C14H18N2OS2. The third-order valence-electron chi connectivity index (χ3n) is 3.08. The Balaban J connectivity index is 1.91. The zero-order valence-corrected chi connectivity index (χ0v) is 13.0. The number of nitrogens with zero attached hydrogens (tertiary/aromatic N) is 1. The summed E-state index contributed by atoms with van der Waals surface area (Å²) in [6, 6.07) is 4.14. The molecule has 2 aromatic heterocycles. The quantitative estimate of drug-likeness (QED) is 0.907. The summed E-state index contributed by atoms with van der Waals surface area (Å²) >= 11 is 3.34. The molecule has 0 saturated carbocycles. The van der Waals surface area contributed by atoms with Gasteiger partial charge in [0.1, 0.15) is 0 Å². The highest BCUT2D eigenvalue weighted by Crippen LogP contribution is 2.18. The fourth-order valence-corrected chi connectivity index (χ4v) is 3.47. The van der Waals surface area contributed by atoms with E-state index in [1.165, 1.54) is 10.4 Å². The average molecular weight is 294 g/mol. The van der Waals surface area contributed by atoms with Gasteiger partial charge >= 0.3 is 6.03 Å². The van der Waals surface area contributed by atoms with E-state index in [2.05, 4.69) is 29.1 Å². The van der Waals surface area contributed by atoms with E-state index in [4.69, 9.17) is 0 Å². The summed E-state index contributed by atoms with van der Waals surface area (Å²) in [6.45, 7) is 4.74. The zero-order chi connectivity index (χ0) is 13.8. The number of thiophene rings is 2. The molecule has 0 unspecified atom stereocenters. The van der Waals surface area contributed by atoms with Crippen molar-refractivity contribution < 1.29 is 4.79 Å². The molecule has 2 heterocycles. The van der Waals surface area contributed by atoms with Gasteiger partial charge in [-0.3, -0.25) is 0 Å². The van der Waals surface area contributed by atoms with E-state index >= 15 is 0 Å². The number of urea groups is 1. The highest BCUT2D eigenvalue weighted by Gasteiger charge is 2.14. The van der Waals surface area contributed by atoms with Crippen LogP contribution in [0.5, 0.6) is 0 Å². The summed E-state index contributed by atoms with van der Waals surface area (Å²) in [5.41, 5.74) is 2.40. The zero-order valence-electron chi connectivity index (χ0n) is 11.3. The molecule has 2 rings (SSSR count). The predicted octanol–water partition coefficient (Wildman–Crippen LogP) is 4.02. The summed E-state index contributed by atoms with van der Waals surface area (Å²) in [5.74, 6) is 0. The SMILES string of the molecule is Cc1ccsc1CN(C)C(=O)N[C@H](C)c1ccsc1. The fourth-order valence-electron chi connectivity index (χ4n) is 1.75. The Bertz CT molecular complexity index is 533. The molecule has 0 radical (unpaired) electrons. The van der Waals surface area contributed by atoms with Crippen LogP contribution in [0.1, 0.15) is 29.0 Å². The Morgan fingerprint density at radius 2 is 2.21 bits per heavy atom. The van der Waals surface area contributed by atoms with Crippen molar-refractivity contribution in [2.45, 2.75) is 26.4 Å². The Morgan fingerprint density at radius 1 is 1.42 bits per heavy atom. The molecule has 5 heteroatoms. The van der Waals surface area contributed by atoms with Crippen LogP contribution in [0, 0.1) is 6.92 Å². The molecule has 2 amide bonds. The molecule has 3 nitrogen and oxygen atoms in total. The largest absolute Gasteiger partial charge is 0.331 e. The number of aryl methyl sites for hydroxylation is 1. The van der Waals surface area contributed by atoms with E-state index < -0.39 is 0 Å². The first-order valence-corrected chi connectivity index (χ1v) is 7.97. The lowest BCUT2D eigenvalue weighted by Crippen LogP contribution is -2.38. The minimum Gasteiger partial charge on any atom is -0.331 e. The summed E-state index contributed by atoms with van der Waals surface area (Å²) in [5, 5.41) is 9.16. The topological polar surface area (TPSA) is 32.3 Å². The number of carbonyl (C=O) groups excluding carboxylic acids is 1. The maximum Gasteiger partial charge on any atom is 0.317 e. The molecule has 0 spiro atoms. The van der Waals surface area contributed by atoms with E-state index in [1.807, 2.05) is 25.4 Å². The van der Waals surface area contributed by atoms with E-state index in [-0.39, 0.29) is 12.1 Å². The number of nitrogens with one attached hydrogen (secondary N) is 1. The molecule has 1 atom stereocenters. The predicted molar refractivity (Wildman–Crippen MR) is 81.8 cm³/mol. The highest BCUT2D eigenvalue weighted by atomic mass is 32.1. The van der Waals surface area contributed by atoms with Crippen molar-refractivity contribution in [3.05, 3.63) is 44.3 Å². The number of hydrogen-bond donors (Lipinski definition) is 1. The van der Waals surface area contributed by atoms with Crippen LogP contribution in [-0.4, -0.2) is 18.0 Å². The molecule has 2 aromatic rings. The van der Waals surface area contributed by atoms with Crippen LogP contribution in [0.3, 0.4) is 0 Å². The molecule has 102 valence electrons. The van der Waals surface area contributed by atoms with Crippen LogP contribution in [0.2, 0.25) is 0 Å². The van der Waals surface area contributed by atoms with Gasteiger partial charge in [0.2, 0.25) is 0 Å². The van der Waals surface area contributed by atoms with Gasteiger partial charge in [0.05, 0.1) is 12.6 Å². The van der Waals surface area contributed by atoms with Gasteiger partial charge in [-0.25, -0.2) is 4.79 Å². The van der Waals surface area contributed by atoms with Crippen molar-refractivity contribution in [3.63, 3.8) is 0 Å². The first kappa shape index (κ1) is 14.1. The minimum atomic E-state index is -0.0356. The summed E-state index contributed by atoms with van der Waals surface area (Å²) in [4.78, 5) is 15.1. The van der Waals surface area contributed by atoms with Gasteiger partial charge < -0.3 is 10.2 Å². The lowest BCUT2D eigenvalue weighted by molar-refractivity contribution is 0.204. The normalized spacial score (nSPS) is 12.2. The van der Waals surface area contributed by atoms with Crippen molar-refractivity contribution in [1.82, 2.24) is 10.2 Å². The second-order valence-electron chi connectivity index (χ2n) is 4.61. The molecular weight excluding hydrogens is 276 g/mol. The number of amides is 2. The molecule has 0 aliphatic rings. The average Bonchev–Trinajstić information content (AvgIpc) is 3.01.